The van der Waals surface area contributed by atoms with Crippen LogP contribution in [0.4, 0.5) is 11.5 Å². The van der Waals surface area contributed by atoms with Gasteiger partial charge < -0.3 is 15.8 Å². The number of nitrogens with zero attached hydrogens (tertiary/aromatic N) is 2. The number of fused-ring (bicyclic) bond motifs is 1. The first-order chi connectivity index (χ1) is 9.69. The number of hydrogen-bond acceptors (Lipinski definition) is 6. The van der Waals surface area contributed by atoms with Crippen LogP contribution in [0, 0.1) is 10.1 Å². The molecule has 0 saturated heterocycles. The second-order valence-corrected chi connectivity index (χ2v) is 4.20. The smallest absolute Gasteiger partial charge is 0.281 e. The average Bonchev–Trinajstić information content (AvgIpc) is 2.46. The van der Waals surface area contributed by atoms with Crippen LogP contribution in [0.1, 0.15) is 6.42 Å². The van der Waals surface area contributed by atoms with E-state index in [9.17, 15) is 10.1 Å². The highest BCUT2D eigenvalue weighted by atomic mass is 16.6. The molecule has 1 heterocycles. The molecule has 0 atom stereocenters. The van der Waals surface area contributed by atoms with Crippen LogP contribution in [0.3, 0.4) is 0 Å². The summed E-state index contributed by atoms with van der Waals surface area (Å²) < 4.78 is 5.24. The lowest BCUT2D eigenvalue weighted by Crippen LogP contribution is -2.10. The van der Waals surface area contributed by atoms with Crippen molar-refractivity contribution in [2.75, 3.05) is 25.5 Å². The summed E-state index contributed by atoms with van der Waals surface area (Å²) in [4.78, 5) is 15.0. The Morgan fingerprint density at radius 2 is 2.25 bits per heavy atom. The van der Waals surface area contributed by atoms with Crippen LogP contribution in [0.5, 0.6) is 5.75 Å². The van der Waals surface area contributed by atoms with Crippen LogP contribution in [0.15, 0.2) is 24.4 Å². The molecule has 3 N–H and O–H groups in total. The van der Waals surface area contributed by atoms with Crippen molar-refractivity contribution in [2.24, 2.45) is 5.73 Å². The molecule has 106 valence electrons. The summed E-state index contributed by atoms with van der Waals surface area (Å²) in [5.41, 5.74) is 5.44. The lowest BCUT2D eigenvalue weighted by Gasteiger charge is -2.11. The Hall–Kier alpha value is -2.41. The van der Waals surface area contributed by atoms with Crippen molar-refractivity contribution < 1.29 is 9.66 Å². The van der Waals surface area contributed by atoms with Gasteiger partial charge in [-0.1, -0.05) is 0 Å². The molecule has 0 aliphatic heterocycles. The van der Waals surface area contributed by atoms with Gasteiger partial charge in [0, 0.05) is 24.2 Å². The molecule has 2 rings (SSSR count). The number of methoxy groups -OCH3 is 1. The first-order valence-electron chi connectivity index (χ1n) is 6.23. The van der Waals surface area contributed by atoms with Gasteiger partial charge >= 0.3 is 0 Å². The number of anilines is 1. The number of nitro benzene ring substituents is 1. The largest absolute Gasteiger partial charge is 0.496 e. The minimum atomic E-state index is -0.419. The highest BCUT2D eigenvalue weighted by molar-refractivity contribution is 6.02. The summed E-state index contributed by atoms with van der Waals surface area (Å²) in [7, 11) is 1.53. The maximum atomic E-state index is 11.2. The molecule has 1 aromatic carbocycles. The normalized spacial score (nSPS) is 10.5. The Kier molecular flexibility index (Phi) is 4.31. The molecule has 0 unspecified atom stereocenters. The van der Waals surface area contributed by atoms with Crippen molar-refractivity contribution in [2.45, 2.75) is 6.42 Å². The SMILES string of the molecule is COc1ccc([N+](=O)[O-])c2c(NCCCN)nccc12. The van der Waals surface area contributed by atoms with E-state index in [1.165, 1.54) is 13.2 Å². The van der Waals surface area contributed by atoms with Crippen LogP contribution >= 0.6 is 0 Å². The minimum absolute atomic E-state index is 0.00384. The summed E-state index contributed by atoms with van der Waals surface area (Å²) >= 11 is 0. The topological polar surface area (TPSA) is 103 Å². The van der Waals surface area contributed by atoms with Gasteiger partial charge in [-0.15, -0.1) is 0 Å². The monoisotopic (exact) mass is 276 g/mol. The van der Waals surface area contributed by atoms with Crippen molar-refractivity contribution in [3.05, 3.63) is 34.5 Å². The Labute approximate surface area is 115 Å². The van der Waals surface area contributed by atoms with Crippen LogP contribution in [-0.2, 0) is 0 Å². The third-order valence-corrected chi connectivity index (χ3v) is 2.96. The number of non-ortho nitro benzene ring substituents is 1. The number of pyridine rings is 1. The average molecular weight is 276 g/mol. The molecule has 2 aromatic rings. The Morgan fingerprint density at radius 3 is 2.90 bits per heavy atom. The minimum Gasteiger partial charge on any atom is -0.496 e. The van der Waals surface area contributed by atoms with Gasteiger partial charge in [-0.3, -0.25) is 10.1 Å². The van der Waals surface area contributed by atoms with Crippen molar-refractivity contribution in [1.29, 1.82) is 0 Å². The molecule has 0 radical (unpaired) electrons. The Morgan fingerprint density at radius 1 is 1.45 bits per heavy atom. The first-order valence-corrected chi connectivity index (χ1v) is 6.23. The maximum Gasteiger partial charge on any atom is 0.281 e. The van der Waals surface area contributed by atoms with Gasteiger partial charge in [-0.25, -0.2) is 4.98 Å². The maximum absolute atomic E-state index is 11.2. The molecule has 0 fully saturated rings. The summed E-state index contributed by atoms with van der Waals surface area (Å²) in [6, 6.07) is 4.72. The second kappa shape index (κ2) is 6.16. The van der Waals surface area contributed by atoms with E-state index in [-0.39, 0.29) is 5.69 Å². The van der Waals surface area contributed by atoms with E-state index in [0.717, 1.165) is 6.42 Å². The van der Waals surface area contributed by atoms with E-state index in [0.29, 0.717) is 35.4 Å². The van der Waals surface area contributed by atoms with E-state index in [4.69, 9.17) is 10.5 Å². The van der Waals surface area contributed by atoms with Crippen LogP contribution in [0.2, 0.25) is 0 Å². The summed E-state index contributed by atoms with van der Waals surface area (Å²) in [6.45, 7) is 1.15. The number of nitrogens with two attached hydrogens (primary N) is 1. The standard InChI is InChI=1S/C13H16N4O3/c1-20-11-4-3-10(17(18)19)12-9(11)5-8-16-13(12)15-7-2-6-14/h3-5,8H,2,6-7,14H2,1H3,(H,15,16). The lowest BCUT2D eigenvalue weighted by molar-refractivity contribution is -0.383. The van der Waals surface area contributed by atoms with Gasteiger partial charge in [0.2, 0.25) is 0 Å². The molecular formula is C13H16N4O3. The van der Waals surface area contributed by atoms with Crippen molar-refractivity contribution in [3.63, 3.8) is 0 Å². The van der Waals surface area contributed by atoms with Gasteiger partial charge in [-0.2, -0.15) is 0 Å². The highest BCUT2D eigenvalue weighted by Crippen LogP contribution is 2.36. The van der Waals surface area contributed by atoms with Gasteiger partial charge in [0.15, 0.2) is 0 Å². The van der Waals surface area contributed by atoms with Crippen LogP contribution < -0.4 is 15.8 Å². The quantitative estimate of drug-likeness (QED) is 0.474. The number of aromatic nitrogens is 1. The predicted octanol–water partition coefficient (Wildman–Crippen LogP) is 1.91. The second-order valence-electron chi connectivity index (χ2n) is 4.20. The number of nitrogens with one attached hydrogen (secondary N) is 1. The zero-order valence-corrected chi connectivity index (χ0v) is 11.1. The zero-order valence-electron chi connectivity index (χ0n) is 11.1. The fraction of sp³-hybridized carbons (Fsp3) is 0.308. The number of hydrogen-bond donors (Lipinski definition) is 2. The van der Waals surface area contributed by atoms with Gasteiger partial charge in [0.25, 0.3) is 5.69 Å². The molecule has 7 heteroatoms. The predicted molar refractivity (Wildman–Crippen MR) is 77.1 cm³/mol. The molecule has 0 spiro atoms. The molecule has 0 saturated carbocycles. The van der Waals surface area contributed by atoms with Crippen LogP contribution in [-0.4, -0.2) is 30.1 Å². The van der Waals surface area contributed by atoms with Gasteiger partial charge in [-0.05, 0) is 25.1 Å². The summed E-state index contributed by atoms with van der Waals surface area (Å²) in [5.74, 6) is 1.05. The van der Waals surface area contributed by atoms with Gasteiger partial charge in [0.1, 0.15) is 17.0 Å². The molecule has 20 heavy (non-hydrogen) atoms. The number of rotatable bonds is 6. The Balaban J connectivity index is 2.59. The van der Waals surface area contributed by atoms with E-state index in [2.05, 4.69) is 10.3 Å². The lowest BCUT2D eigenvalue weighted by atomic mass is 10.1. The number of nitro groups is 1. The molecule has 0 aliphatic rings. The Bertz CT molecular complexity index is 630. The van der Waals surface area contributed by atoms with Crippen molar-refractivity contribution >= 4 is 22.3 Å². The van der Waals surface area contributed by atoms with E-state index in [1.54, 1.807) is 18.3 Å². The molecule has 1 aromatic heterocycles. The van der Waals surface area contributed by atoms with E-state index < -0.39 is 4.92 Å². The van der Waals surface area contributed by atoms with Crippen molar-refractivity contribution in [1.82, 2.24) is 4.98 Å². The first kappa shape index (κ1) is 14.0. The number of benzene rings is 1. The highest BCUT2D eigenvalue weighted by Gasteiger charge is 2.18. The summed E-state index contributed by atoms with van der Waals surface area (Å²) in [5, 5.41) is 15.4. The van der Waals surface area contributed by atoms with Gasteiger partial charge in [0.05, 0.1) is 12.0 Å². The fourth-order valence-electron chi connectivity index (χ4n) is 2.03. The third kappa shape index (κ3) is 2.62. The summed E-state index contributed by atoms with van der Waals surface area (Å²) in [6.07, 6.45) is 2.36. The van der Waals surface area contributed by atoms with Crippen molar-refractivity contribution in [3.8, 4) is 5.75 Å². The van der Waals surface area contributed by atoms with E-state index in [1.807, 2.05) is 0 Å². The van der Waals surface area contributed by atoms with E-state index >= 15 is 0 Å². The van der Waals surface area contributed by atoms with Crippen LogP contribution in [0.25, 0.3) is 10.8 Å². The number of ether oxygens (including phenoxy) is 1. The molecule has 0 bridgehead atoms. The molecule has 0 amide bonds. The molecular weight excluding hydrogens is 260 g/mol. The molecule has 0 aliphatic carbocycles. The fourth-order valence-corrected chi connectivity index (χ4v) is 2.03. The molecule has 7 nitrogen and oxygen atoms in total. The zero-order chi connectivity index (χ0) is 14.5. The third-order valence-electron chi connectivity index (χ3n) is 2.96.